The molecule has 0 amide bonds. The molecule has 1 rings (SSSR count). The Bertz CT molecular complexity index is 275. The highest BCUT2D eigenvalue weighted by Crippen LogP contribution is 2.26. The number of Topliss-reactive ketones (excluding diaryl/α,β-unsaturated/α-hetero) is 1. The molecule has 1 heterocycles. The van der Waals surface area contributed by atoms with Crippen molar-refractivity contribution in [2.24, 2.45) is 0 Å². The van der Waals surface area contributed by atoms with Crippen LogP contribution in [0.2, 0.25) is 0 Å². The van der Waals surface area contributed by atoms with E-state index in [-0.39, 0.29) is 10.5 Å². The van der Waals surface area contributed by atoms with Gasteiger partial charge >= 0.3 is 0 Å². The predicted molar refractivity (Wildman–Crippen MR) is 60.7 cm³/mol. The summed E-state index contributed by atoms with van der Waals surface area (Å²) in [6, 6.07) is 4.11. The molecule has 1 nitrogen and oxygen atoms in total. The van der Waals surface area contributed by atoms with Crippen molar-refractivity contribution in [3.05, 3.63) is 22.4 Å². The lowest BCUT2D eigenvalue weighted by atomic mass is 9.99. The van der Waals surface area contributed by atoms with Gasteiger partial charge in [0.2, 0.25) is 0 Å². The topological polar surface area (TPSA) is 17.1 Å². The van der Waals surface area contributed by atoms with Gasteiger partial charge in [-0.15, -0.1) is 11.3 Å². The molecule has 0 saturated carbocycles. The molecule has 0 spiro atoms. The van der Waals surface area contributed by atoms with Crippen LogP contribution in [-0.4, -0.2) is 10.5 Å². The molecule has 1 atom stereocenters. The Balaban J connectivity index is 2.56. The lowest BCUT2D eigenvalue weighted by Crippen LogP contribution is -2.22. The average Bonchev–Trinajstić information content (AvgIpc) is 2.34. The number of hydrogen-bond acceptors (Lipinski definition) is 3. The second kappa shape index (κ2) is 4.29. The van der Waals surface area contributed by atoms with Crippen molar-refractivity contribution in [2.45, 2.75) is 31.4 Å². The van der Waals surface area contributed by atoms with Gasteiger partial charge in [-0.1, -0.05) is 6.07 Å². The van der Waals surface area contributed by atoms with Gasteiger partial charge in [0, 0.05) is 16.0 Å². The van der Waals surface area contributed by atoms with Gasteiger partial charge in [-0.05, 0) is 31.7 Å². The standard InChI is InChI=1S/C10H14OS2/c1-8(11)6-10(2,12)7-9-4-3-5-13-9/h3-5,12H,6-7H2,1-2H3. The van der Waals surface area contributed by atoms with Crippen molar-refractivity contribution in [3.8, 4) is 0 Å². The molecule has 72 valence electrons. The Morgan fingerprint density at radius 2 is 2.38 bits per heavy atom. The van der Waals surface area contributed by atoms with Crippen LogP contribution >= 0.6 is 24.0 Å². The predicted octanol–water partition coefficient (Wildman–Crippen LogP) is 2.96. The summed E-state index contributed by atoms with van der Waals surface area (Å²) in [4.78, 5) is 12.2. The van der Waals surface area contributed by atoms with E-state index in [1.54, 1.807) is 18.3 Å². The Morgan fingerprint density at radius 3 is 2.85 bits per heavy atom. The van der Waals surface area contributed by atoms with Gasteiger partial charge in [0.25, 0.3) is 0 Å². The summed E-state index contributed by atoms with van der Waals surface area (Å²) in [5.41, 5.74) is 0. The summed E-state index contributed by atoms with van der Waals surface area (Å²) in [5, 5.41) is 2.05. The maximum atomic E-state index is 10.9. The van der Waals surface area contributed by atoms with Gasteiger partial charge in [0.1, 0.15) is 5.78 Å². The number of hydrogen-bond donors (Lipinski definition) is 1. The summed E-state index contributed by atoms with van der Waals surface area (Å²) < 4.78 is -0.198. The fourth-order valence-corrected chi connectivity index (χ4v) is 2.78. The highest BCUT2D eigenvalue weighted by atomic mass is 32.1. The molecular weight excluding hydrogens is 200 g/mol. The third-order valence-corrected chi connectivity index (χ3v) is 2.96. The fraction of sp³-hybridized carbons (Fsp3) is 0.500. The first-order valence-corrected chi connectivity index (χ1v) is 5.56. The van der Waals surface area contributed by atoms with E-state index in [0.29, 0.717) is 6.42 Å². The quantitative estimate of drug-likeness (QED) is 0.763. The third-order valence-electron chi connectivity index (χ3n) is 1.76. The molecular formula is C10H14OS2. The molecule has 1 aromatic rings. The molecule has 0 aliphatic rings. The molecule has 0 N–H and O–H groups in total. The first-order valence-electron chi connectivity index (χ1n) is 4.24. The van der Waals surface area contributed by atoms with Crippen molar-refractivity contribution in [2.75, 3.05) is 0 Å². The third kappa shape index (κ3) is 3.96. The Hall–Kier alpha value is -0.280. The minimum Gasteiger partial charge on any atom is -0.300 e. The molecule has 0 aliphatic carbocycles. The largest absolute Gasteiger partial charge is 0.300 e. The zero-order valence-corrected chi connectivity index (χ0v) is 9.62. The van der Waals surface area contributed by atoms with Crippen LogP contribution in [0.15, 0.2) is 17.5 Å². The van der Waals surface area contributed by atoms with Gasteiger partial charge in [0.15, 0.2) is 0 Å². The zero-order chi connectivity index (χ0) is 9.90. The van der Waals surface area contributed by atoms with Gasteiger partial charge < -0.3 is 0 Å². The van der Waals surface area contributed by atoms with Gasteiger partial charge in [-0.2, -0.15) is 12.6 Å². The number of thiol groups is 1. The minimum absolute atomic E-state index is 0.198. The van der Waals surface area contributed by atoms with E-state index in [1.807, 2.05) is 18.4 Å². The molecule has 1 aromatic heterocycles. The SMILES string of the molecule is CC(=O)CC(C)(S)Cc1cccs1. The van der Waals surface area contributed by atoms with Crippen LogP contribution < -0.4 is 0 Å². The lowest BCUT2D eigenvalue weighted by Gasteiger charge is -2.20. The molecule has 1 unspecified atom stereocenters. The molecule has 0 saturated heterocycles. The summed E-state index contributed by atoms with van der Waals surface area (Å²) in [6.07, 6.45) is 1.40. The highest BCUT2D eigenvalue weighted by molar-refractivity contribution is 7.81. The number of thiophene rings is 1. The van der Waals surface area contributed by atoms with Gasteiger partial charge in [0.05, 0.1) is 0 Å². The maximum absolute atomic E-state index is 10.9. The Labute approximate surface area is 88.6 Å². The first kappa shape index (κ1) is 10.8. The summed E-state index contributed by atoms with van der Waals surface area (Å²) >= 11 is 6.22. The van der Waals surface area contributed by atoms with E-state index in [0.717, 1.165) is 6.42 Å². The smallest absolute Gasteiger partial charge is 0.131 e. The van der Waals surface area contributed by atoms with Crippen LogP contribution in [0.1, 0.15) is 25.1 Å². The Kier molecular flexibility index (Phi) is 3.56. The van der Waals surface area contributed by atoms with Crippen LogP contribution in [-0.2, 0) is 11.2 Å². The number of ketones is 1. The van der Waals surface area contributed by atoms with Crippen molar-refractivity contribution < 1.29 is 4.79 Å². The molecule has 0 aliphatic heterocycles. The monoisotopic (exact) mass is 214 g/mol. The van der Waals surface area contributed by atoms with E-state index >= 15 is 0 Å². The summed E-state index contributed by atoms with van der Waals surface area (Å²) in [7, 11) is 0. The van der Waals surface area contributed by atoms with Crippen LogP contribution in [0.3, 0.4) is 0 Å². The second-order valence-electron chi connectivity index (χ2n) is 3.63. The summed E-state index contributed by atoms with van der Waals surface area (Å²) in [5.74, 6) is 0.203. The first-order chi connectivity index (χ1) is 5.99. The van der Waals surface area contributed by atoms with Crippen LogP contribution in [0.25, 0.3) is 0 Å². The second-order valence-corrected chi connectivity index (χ2v) is 5.74. The molecule has 0 fully saturated rings. The number of carbonyl (C=O) groups excluding carboxylic acids is 1. The van der Waals surface area contributed by atoms with Gasteiger partial charge in [-0.3, -0.25) is 4.79 Å². The van der Waals surface area contributed by atoms with E-state index < -0.39 is 0 Å². The number of carbonyl (C=O) groups is 1. The fourth-order valence-electron chi connectivity index (χ4n) is 1.39. The van der Waals surface area contributed by atoms with Crippen LogP contribution in [0.4, 0.5) is 0 Å². The number of rotatable bonds is 4. The average molecular weight is 214 g/mol. The molecule has 0 radical (unpaired) electrons. The normalized spacial score (nSPS) is 15.3. The van der Waals surface area contributed by atoms with Crippen molar-refractivity contribution in [1.82, 2.24) is 0 Å². The van der Waals surface area contributed by atoms with E-state index in [4.69, 9.17) is 0 Å². The highest BCUT2D eigenvalue weighted by Gasteiger charge is 2.21. The van der Waals surface area contributed by atoms with Crippen molar-refractivity contribution >= 4 is 29.7 Å². The molecule has 13 heavy (non-hydrogen) atoms. The van der Waals surface area contributed by atoms with E-state index in [9.17, 15) is 4.79 Å². The van der Waals surface area contributed by atoms with Crippen molar-refractivity contribution in [3.63, 3.8) is 0 Å². The Morgan fingerprint density at radius 1 is 1.69 bits per heavy atom. The van der Waals surface area contributed by atoms with Gasteiger partial charge in [-0.25, -0.2) is 0 Å². The zero-order valence-electron chi connectivity index (χ0n) is 7.91. The maximum Gasteiger partial charge on any atom is 0.131 e. The van der Waals surface area contributed by atoms with E-state index in [1.165, 1.54) is 4.88 Å². The molecule has 0 aromatic carbocycles. The van der Waals surface area contributed by atoms with Crippen LogP contribution in [0.5, 0.6) is 0 Å². The lowest BCUT2D eigenvalue weighted by molar-refractivity contribution is -0.117. The minimum atomic E-state index is -0.198. The van der Waals surface area contributed by atoms with Crippen LogP contribution in [0, 0.1) is 0 Å². The molecule has 3 heteroatoms. The molecule has 0 bridgehead atoms. The van der Waals surface area contributed by atoms with E-state index in [2.05, 4.69) is 18.7 Å². The van der Waals surface area contributed by atoms with Crippen molar-refractivity contribution in [1.29, 1.82) is 0 Å². The summed E-state index contributed by atoms with van der Waals surface area (Å²) in [6.45, 7) is 3.63.